The van der Waals surface area contributed by atoms with Crippen LogP contribution in [0.3, 0.4) is 0 Å². The maximum Gasteiger partial charge on any atom is 0.338 e. The van der Waals surface area contributed by atoms with Crippen molar-refractivity contribution in [2.75, 3.05) is 13.1 Å². The lowest BCUT2D eigenvalue weighted by atomic mass is 10.2. The van der Waals surface area contributed by atoms with E-state index in [0.29, 0.717) is 5.56 Å². The predicted molar refractivity (Wildman–Crippen MR) is 93.7 cm³/mol. The Kier molecular flexibility index (Phi) is 4.88. The fourth-order valence-electron chi connectivity index (χ4n) is 3.10. The van der Waals surface area contributed by atoms with Crippen molar-refractivity contribution in [3.63, 3.8) is 0 Å². The quantitative estimate of drug-likeness (QED) is 0.802. The summed E-state index contributed by atoms with van der Waals surface area (Å²) in [4.78, 5) is 26.3. The Hall–Kier alpha value is -2.63. The number of rotatable bonds is 4. The van der Waals surface area contributed by atoms with Crippen LogP contribution in [0.2, 0.25) is 0 Å². The van der Waals surface area contributed by atoms with Gasteiger partial charge in [0.1, 0.15) is 0 Å². The standard InChI is InChI=1S/C19H23N3O3/c1-13-12-14(2)22(20-13)17-8-6-16(7-9-17)19(24)25-15(3)18(23)21-10-4-5-11-21/h6-9,12,15H,4-5,10-11H2,1-3H3/t15-/m0/s1. The first-order valence-electron chi connectivity index (χ1n) is 8.59. The normalized spacial score (nSPS) is 15.2. The molecular formula is C19H23N3O3. The number of aromatic nitrogens is 2. The van der Waals surface area contributed by atoms with E-state index in [2.05, 4.69) is 5.10 Å². The molecule has 0 radical (unpaired) electrons. The molecular weight excluding hydrogens is 318 g/mol. The van der Waals surface area contributed by atoms with Gasteiger partial charge in [-0.1, -0.05) is 0 Å². The van der Waals surface area contributed by atoms with Gasteiger partial charge in [0.05, 0.1) is 16.9 Å². The molecule has 1 saturated heterocycles. The van der Waals surface area contributed by atoms with Gasteiger partial charge in [-0.3, -0.25) is 4.79 Å². The number of hydrogen-bond donors (Lipinski definition) is 0. The number of nitrogens with zero attached hydrogens (tertiary/aromatic N) is 3. The molecule has 2 aromatic rings. The first kappa shape index (κ1) is 17.2. The van der Waals surface area contributed by atoms with Gasteiger partial charge in [0, 0.05) is 18.8 Å². The Bertz CT molecular complexity index is 774. The molecule has 0 unspecified atom stereocenters. The molecule has 1 atom stereocenters. The van der Waals surface area contributed by atoms with Crippen molar-refractivity contribution in [2.45, 2.75) is 39.7 Å². The van der Waals surface area contributed by atoms with Gasteiger partial charge in [0.2, 0.25) is 0 Å². The molecule has 6 nitrogen and oxygen atoms in total. The van der Waals surface area contributed by atoms with Gasteiger partial charge in [0.15, 0.2) is 6.10 Å². The Morgan fingerprint density at radius 3 is 2.32 bits per heavy atom. The molecule has 0 saturated carbocycles. The molecule has 0 aliphatic carbocycles. The third kappa shape index (κ3) is 3.73. The molecule has 0 bridgehead atoms. The van der Waals surface area contributed by atoms with Crippen LogP contribution in [0.15, 0.2) is 30.3 Å². The second kappa shape index (κ2) is 7.09. The summed E-state index contributed by atoms with van der Waals surface area (Å²) < 4.78 is 7.15. The summed E-state index contributed by atoms with van der Waals surface area (Å²) in [5.74, 6) is -0.606. The molecule has 1 aromatic carbocycles. The monoisotopic (exact) mass is 341 g/mol. The Balaban J connectivity index is 1.66. The van der Waals surface area contributed by atoms with Gasteiger partial charge in [-0.2, -0.15) is 5.10 Å². The van der Waals surface area contributed by atoms with Crippen molar-refractivity contribution in [1.82, 2.24) is 14.7 Å². The minimum absolute atomic E-state index is 0.120. The third-order valence-electron chi connectivity index (χ3n) is 4.41. The number of amides is 1. The molecule has 132 valence electrons. The molecule has 0 N–H and O–H groups in total. The number of carbonyl (C=O) groups is 2. The van der Waals surface area contributed by atoms with E-state index in [4.69, 9.17) is 4.74 Å². The number of hydrogen-bond acceptors (Lipinski definition) is 4. The first-order valence-corrected chi connectivity index (χ1v) is 8.59. The Morgan fingerprint density at radius 1 is 1.12 bits per heavy atom. The van der Waals surface area contributed by atoms with Crippen LogP contribution in [0.4, 0.5) is 0 Å². The number of benzene rings is 1. The fraction of sp³-hybridized carbons (Fsp3) is 0.421. The molecule has 6 heteroatoms. The minimum Gasteiger partial charge on any atom is -0.449 e. The molecule has 25 heavy (non-hydrogen) atoms. The van der Waals surface area contributed by atoms with Crippen LogP contribution >= 0.6 is 0 Å². The minimum atomic E-state index is -0.763. The highest BCUT2D eigenvalue weighted by Crippen LogP contribution is 2.15. The summed E-state index contributed by atoms with van der Waals surface area (Å²) >= 11 is 0. The summed E-state index contributed by atoms with van der Waals surface area (Å²) in [5, 5.41) is 4.42. The average Bonchev–Trinajstić information content (AvgIpc) is 3.23. The largest absolute Gasteiger partial charge is 0.449 e. The number of ether oxygens (including phenoxy) is 1. The second-order valence-corrected chi connectivity index (χ2v) is 6.47. The third-order valence-corrected chi connectivity index (χ3v) is 4.41. The summed E-state index contributed by atoms with van der Waals surface area (Å²) in [7, 11) is 0. The molecule has 1 amide bonds. The van der Waals surface area contributed by atoms with Gasteiger partial charge in [-0.15, -0.1) is 0 Å². The highest BCUT2D eigenvalue weighted by Gasteiger charge is 2.26. The number of carbonyl (C=O) groups excluding carboxylic acids is 2. The molecule has 2 heterocycles. The smallest absolute Gasteiger partial charge is 0.338 e. The van der Waals surface area contributed by atoms with E-state index in [1.54, 1.807) is 24.0 Å². The van der Waals surface area contributed by atoms with E-state index in [9.17, 15) is 9.59 Å². The lowest BCUT2D eigenvalue weighted by Crippen LogP contribution is -2.38. The van der Waals surface area contributed by atoms with Gasteiger partial charge in [-0.25, -0.2) is 9.48 Å². The van der Waals surface area contributed by atoms with Crippen LogP contribution in [0.25, 0.3) is 5.69 Å². The number of likely N-dealkylation sites (tertiary alicyclic amines) is 1. The highest BCUT2D eigenvalue weighted by atomic mass is 16.5. The molecule has 3 rings (SSSR count). The van der Waals surface area contributed by atoms with Gasteiger partial charge >= 0.3 is 5.97 Å². The highest BCUT2D eigenvalue weighted by molar-refractivity contribution is 5.92. The second-order valence-electron chi connectivity index (χ2n) is 6.47. The van der Waals surface area contributed by atoms with E-state index < -0.39 is 12.1 Å². The summed E-state index contributed by atoms with van der Waals surface area (Å²) in [6.45, 7) is 7.04. The Morgan fingerprint density at radius 2 is 1.76 bits per heavy atom. The zero-order chi connectivity index (χ0) is 18.0. The van der Waals surface area contributed by atoms with E-state index >= 15 is 0 Å². The van der Waals surface area contributed by atoms with Crippen molar-refractivity contribution in [3.05, 3.63) is 47.3 Å². The lowest BCUT2D eigenvalue weighted by molar-refractivity contribution is -0.138. The van der Waals surface area contributed by atoms with E-state index in [0.717, 1.165) is 43.0 Å². The van der Waals surface area contributed by atoms with Crippen LogP contribution in [-0.4, -0.2) is 45.8 Å². The van der Waals surface area contributed by atoms with Crippen molar-refractivity contribution < 1.29 is 14.3 Å². The maximum atomic E-state index is 12.3. The zero-order valence-electron chi connectivity index (χ0n) is 14.9. The SMILES string of the molecule is Cc1cc(C)n(-c2ccc(C(=O)O[C@@H](C)C(=O)N3CCCC3)cc2)n1. The molecule has 1 fully saturated rings. The van der Waals surface area contributed by atoms with Crippen LogP contribution in [0.5, 0.6) is 0 Å². The molecule has 1 aliphatic heterocycles. The van der Waals surface area contributed by atoms with E-state index in [-0.39, 0.29) is 5.91 Å². The van der Waals surface area contributed by atoms with Crippen molar-refractivity contribution in [2.24, 2.45) is 0 Å². The van der Waals surface area contributed by atoms with Crippen LogP contribution in [0, 0.1) is 13.8 Å². The van der Waals surface area contributed by atoms with Gasteiger partial charge < -0.3 is 9.64 Å². The van der Waals surface area contributed by atoms with Crippen molar-refractivity contribution in [3.8, 4) is 5.69 Å². The lowest BCUT2D eigenvalue weighted by Gasteiger charge is -2.20. The van der Waals surface area contributed by atoms with Gasteiger partial charge in [-0.05, 0) is 63.9 Å². The van der Waals surface area contributed by atoms with E-state index in [1.165, 1.54) is 0 Å². The average molecular weight is 341 g/mol. The topological polar surface area (TPSA) is 64.4 Å². The fourth-order valence-corrected chi connectivity index (χ4v) is 3.10. The van der Waals surface area contributed by atoms with Gasteiger partial charge in [0.25, 0.3) is 5.91 Å². The number of aryl methyl sites for hydroxylation is 2. The van der Waals surface area contributed by atoms with Crippen LogP contribution in [0.1, 0.15) is 41.5 Å². The van der Waals surface area contributed by atoms with Crippen molar-refractivity contribution >= 4 is 11.9 Å². The molecule has 0 spiro atoms. The summed E-state index contributed by atoms with van der Waals surface area (Å²) in [6, 6.07) is 9.03. The molecule has 1 aliphatic rings. The molecule has 1 aromatic heterocycles. The Labute approximate surface area is 147 Å². The van der Waals surface area contributed by atoms with Crippen LogP contribution < -0.4 is 0 Å². The zero-order valence-corrected chi connectivity index (χ0v) is 14.9. The summed E-state index contributed by atoms with van der Waals surface area (Å²) in [6.07, 6.45) is 1.27. The first-order chi connectivity index (χ1) is 12.0. The van der Waals surface area contributed by atoms with Crippen LogP contribution in [-0.2, 0) is 9.53 Å². The van der Waals surface area contributed by atoms with E-state index in [1.807, 2.05) is 36.7 Å². The predicted octanol–water partition coefficient (Wildman–Crippen LogP) is 2.66. The van der Waals surface area contributed by atoms with Crippen molar-refractivity contribution in [1.29, 1.82) is 0 Å². The summed E-state index contributed by atoms with van der Waals surface area (Å²) in [5.41, 5.74) is 3.27. The maximum absolute atomic E-state index is 12.3. The number of esters is 1.